The van der Waals surface area contributed by atoms with Crippen molar-refractivity contribution in [3.8, 4) is 0 Å². The number of carboxylic acid groups (broad SMARTS) is 1. The van der Waals surface area contributed by atoms with Crippen LogP contribution in [-0.4, -0.2) is 59.2 Å². The fraction of sp³-hybridized carbons (Fsp3) is 0.500. The SMILES string of the molecule is CC(C)CC(NC(=O)C(N)Cc1ccccc1)C(=O)NCC(=O)NC(CS)C(=O)O. The van der Waals surface area contributed by atoms with Gasteiger partial charge in [0.25, 0.3) is 0 Å². The molecule has 0 aliphatic rings. The minimum absolute atomic E-state index is 0.0830. The number of nitrogens with one attached hydrogen (secondary N) is 3. The van der Waals surface area contributed by atoms with Crippen molar-refractivity contribution >= 4 is 36.3 Å². The Hall–Kier alpha value is -2.59. The highest BCUT2D eigenvalue weighted by Gasteiger charge is 2.25. The van der Waals surface area contributed by atoms with Gasteiger partial charge in [0, 0.05) is 5.75 Å². The highest BCUT2D eigenvalue weighted by molar-refractivity contribution is 7.80. The number of hydrogen-bond acceptors (Lipinski definition) is 6. The predicted octanol–water partition coefficient (Wildman–Crippen LogP) is -0.297. The Morgan fingerprint density at radius 2 is 1.67 bits per heavy atom. The summed E-state index contributed by atoms with van der Waals surface area (Å²) in [5, 5.41) is 16.3. The van der Waals surface area contributed by atoms with Crippen LogP contribution in [0.4, 0.5) is 0 Å². The van der Waals surface area contributed by atoms with E-state index in [1.807, 2.05) is 44.2 Å². The van der Waals surface area contributed by atoms with Crippen molar-refractivity contribution in [3.05, 3.63) is 35.9 Å². The average Bonchev–Trinajstić information content (AvgIpc) is 2.69. The summed E-state index contributed by atoms with van der Waals surface area (Å²) >= 11 is 3.86. The number of carboxylic acids is 1. The van der Waals surface area contributed by atoms with Gasteiger partial charge >= 0.3 is 5.97 Å². The van der Waals surface area contributed by atoms with E-state index in [1.165, 1.54) is 0 Å². The molecule has 0 saturated carbocycles. The lowest BCUT2D eigenvalue weighted by Gasteiger charge is -2.22. The summed E-state index contributed by atoms with van der Waals surface area (Å²) in [5.74, 6) is -2.88. The zero-order chi connectivity index (χ0) is 22.7. The first kappa shape index (κ1) is 25.4. The van der Waals surface area contributed by atoms with Gasteiger partial charge in [0.2, 0.25) is 17.7 Å². The van der Waals surface area contributed by atoms with Crippen LogP contribution >= 0.6 is 12.6 Å². The molecule has 0 saturated heterocycles. The third-order valence-corrected chi connectivity index (χ3v) is 4.58. The van der Waals surface area contributed by atoms with Crippen LogP contribution in [-0.2, 0) is 25.6 Å². The molecule has 0 aromatic heterocycles. The molecule has 0 radical (unpaired) electrons. The number of benzene rings is 1. The number of hydrogen-bond donors (Lipinski definition) is 6. The molecule has 30 heavy (non-hydrogen) atoms. The van der Waals surface area contributed by atoms with Crippen LogP contribution in [0.15, 0.2) is 30.3 Å². The quantitative estimate of drug-likeness (QED) is 0.247. The van der Waals surface area contributed by atoms with E-state index in [1.54, 1.807) is 0 Å². The van der Waals surface area contributed by atoms with E-state index >= 15 is 0 Å². The van der Waals surface area contributed by atoms with Crippen LogP contribution in [0.3, 0.4) is 0 Å². The normalized spacial score (nSPS) is 13.8. The largest absolute Gasteiger partial charge is 0.480 e. The van der Waals surface area contributed by atoms with E-state index in [9.17, 15) is 19.2 Å². The molecular weight excluding hydrogens is 408 g/mol. The number of thiol groups is 1. The van der Waals surface area contributed by atoms with E-state index in [2.05, 4.69) is 28.6 Å². The molecule has 0 aliphatic heterocycles. The minimum atomic E-state index is -1.22. The van der Waals surface area contributed by atoms with Crippen molar-refractivity contribution in [1.82, 2.24) is 16.0 Å². The van der Waals surface area contributed by atoms with E-state index in [-0.39, 0.29) is 11.7 Å². The molecule has 6 N–H and O–H groups in total. The Morgan fingerprint density at radius 1 is 1.03 bits per heavy atom. The van der Waals surface area contributed by atoms with Crippen LogP contribution in [0.5, 0.6) is 0 Å². The summed E-state index contributed by atoms with van der Waals surface area (Å²) in [6.07, 6.45) is 0.678. The maximum absolute atomic E-state index is 12.5. The Bertz CT molecular complexity index is 729. The van der Waals surface area contributed by atoms with Crippen molar-refractivity contribution in [2.75, 3.05) is 12.3 Å². The van der Waals surface area contributed by atoms with E-state index in [4.69, 9.17) is 10.8 Å². The molecule has 0 spiro atoms. The van der Waals surface area contributed by atoms with Gasteiger partial charge in [0.05, 0.1) is 12.6 Å². The summed E-state index contributed by atoms with van der Waals surface area (Å²) < 4.78 is 0. The van der Waals surface area contributed by atoms with Crippen molar-refractivity contribution in [2.24, 2.45) is 11.7 Å². The molecule has 1 rings (SSSR count). The molecule has 0 aliphatic carbocycles. The maximum atomic E-state index is 12.5. The lowest BCUT2D eigenvalue weighted by Crippen LogP contribution is -2.54. The zero-order valence-corrected chi connectivity index (χ0v) is 18.0. The standard InChI is InChI=1S/C20H30N4O5S/c1-12(2)8-15(19(27)22-10-17(25)23-16(11-30)20(28)29)24-18(26)14(21)9-13-6-4-3-5-7-13/h3-7,12,14-16,30H,8-11,21H2,1-2H3,(H,22,27)(H,23,25)(H,24,26)(H,28,29). The average molecular weight is 439 g/mol. The highest BCUT2D eigenvalue weighted by Crippen LogP contribution is 2.07. The van der Waals surface area contributed by atoms with Gasteiger partial charge in [-0.1, -0.05) is 44.2 Å². The fourth-order valence-corrected chi connectivity index (χ4v) is 2.91. The summed E-state index contributed by atoms with van der Waals surface area (Å²) in [6.45, 7) is 3.37. The Labute approximate surface area is 181 Å². The summed E-state index contributed by atoms with van der Waals surface area (Å²) in [6, 6.07) is 6.43. The first-order valence-electron chi connectivity index (χ1n) is 9.64. The van der Waals surface area contributed by atoms with Gasteiger partial charge in [-0.3, -0.25) is 14.4 Å². The lowest BCUT2D eigenvalue weighted by molar-refractivity contribution is -0.141. The molecule has 166 valence electrons. The molecule has 0 bridgehead atoms. The van der Waals surface area contributed by atoms with Crippen molar-refractivity contribution < 1.29 is 24.3 Å². The number of carbonyl (C=O) groups is 4. The maximum Gasteiger partial charge on any atom is 0.327 e. The van der Waals surface area contributed by atoms with Crippen molar-refractivity contribution in [3.63, 3.8) is 0 Å². The van der Waals surface area contributed by atoms with Crippen LogP contribution in [0, 0.1) is 5.92 Å². The number of carbonyl (C=O) groups excluding carboxylic acids is 3. The van der Waals surface area contributed by atoms with Crippen molar-refractivity contribution in [2.45, 2.75) is 44.8 Å². The highest BCUT2D eigenvalue weighted by atomic mass is 32.1. The summed E-state index contributed by atoms with van der Waals surface area (Å²) in [5.41, 5.74) is 6.88. The van der Waals surface area contributed by atoms with Gasteiger partial charge in [-0.25, -0.2) is 4.79 Å². The topological polar surface area (TPSA) is 151 Å². The van der Waals surface area contributed by atoms with Gasteiger partial charge in [-0.2, -0.15) is 12.6 Å². The molecule has 10 heteroatoms. The molecule has 3 atom stereocenters. The molecule has 1 aromatic rings. The van der Waals surface area contributed by atoms with E-state index < -0.39 is 48.4 Å². The number of aliphatic carboxylic acids is 1. The molecule has 0 fully saturated rings. The van der Waals surface area contributed by atoms with Crippen LogP contribution in [0.1, 0.15) is 25.8 Å². The minimum Gasteiger partial charge on any atom is -0.480 e. The lowest BCUT2D eigenvalue weighted by atomic mass is 10.0. The summed E-state index contributed by atoms with van der Waals surface area (Å²) in [7, 11) is 0. The monoisotopic (exact) mass is 438 g/mol. The second-order valence-corrected chi connectivity index (χ2v) is 7.71. The van der Waals surface area contributed by atoms with Crippen LogP contribution < -0.4 is 21.7 Å². The smallest absolute Gasteiger partial charge is 0.327 e. The molecular formula is C20H30N4O5S. The second-order valence-electron chi connectivity index (χ2n) is 7.35. The van der Waals surface area contributed by atoms with Crippen LogP contribution in [0.25, 0.3) is 0 Å². The van der Waals surface area contributed by atoms with E-state index in [0.717, 1.165) is 5.56 Å². The Kier molecular flexibility index (Phi) is 10.9. The Morgan fingerprint density at radius 3 is 2.20 bits per heavy atom. The van der Waals surface area contributed by atoms with Gasteiger partial charge in [-0.05, 0) is 24.3 Å². The van der Waals surface area contributed by atoms with Crippen LogP contribution in [0.2, 0.25) is 0 Å². The third kappa shape index (κ3) is 9.27. The molecule has 1 aromatic carbocycles. The fourth-order valence-electron chi connectivity index (χ4n) is 2.66. The van der Waals surface area contributed by atoms with Crippen molar-refractivity contribution in [1.29, 1.82) is 0 Å². The first-order valence-corrected chi connectivity index (χ1v) is 10.3. The molecule has 9 nitrogen and oxygen atoms in total. The van der Waals surface area contributed by atoms with Gasteiger partial charge in [-0.15, -0.1) is 0 Å². The molecule has 0 heterocycles. The zero-order valence-electron chi connectivity index (χ0n) is 17.1. The number of nitrogens with two attached hydrogens (primary N) is 1. The molecule has 3 amide bonds. The third-order valence-electron chi connectivity index (χ3n) is 4.21. The van der Waals surface area contributed by atoms with E-state index in [0.29, 0.717) is 12.8 Å². The molecule has 3 unspecified atom stereocenters. The predicted molar refractivity (Wildman–Crippen MR) is 116 cm³/mol. The Balaban J connectivity index is 2.64. The van der Waals surface area contributed by atoms with Gasteiger partial charge in [0.15, 0.2) is 0 Å². The van der Waals surface area contributed by atoms with Gasteiger partial charge < -0.3 is 26.8 Å². The first-order chi connectivity index (χ1) is 14.1. The van der Waals surface area contributed by atoms with Gasteiger partial charge in [0.1, 0.15) is 12.1 Å². The second kappa shape index (κ2) is 12.9. The number of amides is 3. The summed E-state index contributed by atoms with van der Waals surface area (Å²) in [4.78, 5) is 47.8. The number of rotatable bonds is 12.